The van der Waals surface area contributed by atoms with Crippen molar-refractivity contribution in [1.29, 1.82) is 0 Å². The smallest absolute Gasteiger partial charge is 0.338 e. The molecule has 0 saturated heterocycles. The van der Waals surface area contributed by atoms with Gasteiger partial charge in [-0.1, -0.05) is 17.7 Å². The van der Waals surface area contributed by atoms with Crippen LogP contribution in [-0.2, 0) is 16.0 Å². The Hall–Kier alpha value is -2.95. The normalized spacial score (nSPS) is 14.2. The predicted octanol–water partition coefficient (Wildman–Crippen LogP) is 3.62. The molecule has 1 N–H and O–H groups in total. The van der Waals surface area contributed by atoms with E-state index in [4.69, 9.17) is 4.74 Å². The number of Topliss-reactive ketones (excluding diaryl/α,β-unsaturated/α-hetero) is 1. The molecule has 1 aliphatic heterocycles. The fraction of sp³-hybridized carbons (Fsp3) is 0.286. The Balaban J connectivity index is 1.74. The number of anilines is 1. The summed E-state index contributed by atoms with van der Waals surface area (Å²) >= 11 is 0. The third-order valence-electron chi connectivity index (χ3n) is 4.55. The van der Waals surface area contributed by atoms with Crippen LogP contribution in [0.1, 0.15) is 50.8 Å². The number of rotatable bonds is 4. The van der Waals surface area contributed by atoms with E-state index in [1.54, 1.807) is 25.1 Å². The second-order valence-corrected chi connectivity index (χ2v) is 6.65. The summed E-state index contributed by atoms with van der Waals surface area (Å²) in [4.78, 5) is 36.5. The van der Waals surface area contributed by atoms with Crippen LogP contribution in [0, 0.1) is 13.8 Å². The maximum atomic E-state index is 12.6. The van der Waals surface area contributed by atoms with Crippen molar-refractivity contribution in [2.45, 2.75) is 39.7 Å². The van der Waals surface area contributed by atoms with Gasteiger partial charge in [0.05, 0.1) is 5.56 Å². The van der Waals surface area contributed by atoms with Gasteiger partial charge in [-0.15, -0.1) is 0 Å². The van der Waals surface area contributed by atoms with Gasteiger partial charge < -0.3 is 10.1 Å². The molecule has 0 aliphatic carbocycles. The number of carbonyl (C=O) groups is 3. The first kappa shape index (κ1) is 17.9. The van der Waals surface area contributed by atoms with Crippen LogP contribution in [0.15, 0.2) is 36.4 Å². The molecule has 1 atom stereocenters. The van der Waals surface area contributed by atoms with Crippen molar-refractivity contribution < 1.29 is 19.1 Å². The molecule has 0 bridgehead atoms. The molecule has 0 radical (unpaired) electrons. The van der Waals surface area contributed by atoms with Gasteiger partial charge in [0.15, 0.2) is 6.10 Å². The van der Waals surface area contributed by atoms with E-state index in [1.807, 2.05) is 32.0 Å². The average molecular weight is 351 g/mol. The highest BCUT2D eigenvalue weighted by atomic mass is 16.5. The lowest BCUT2D eigenvalue weighted by molar-refractivity contribution is -0.116. The minimum Gasteiger partial charge on any atom is -0.451 e. The van der Waals surface area contributed by atoms with Crippen LogP contribution in [0.5, 0.6) is 0 Å². The molecule has 5 nitrogen and oxygen atoms in total. The molecule has 0 unspecified atom stereocenters. The van der Waals surface area contributed by atoms with Crippen LogP contribution in [0.2, 0.25) is 0 Å². The molecule has 0 fully saturated rings. The Morgan fingerprint density at radius 1 is 1.08 bits per heavy atom. The minimum absolute atomic E-state index is 0.0273. The average Bonchev–Trinajstić information content (AvgIpc) is 2.62. The number of ketones is 1. The standard InChI is InChI=1S/C21H21NO4/c1-12-4-5-13(2)17(10-12)20(24)14(3)26-21(25)16-6-8-18-15(11-16)7-9-19(23)22-18/h4-6,8,10-11,14H,7,9H2,1-3H3,(H,22,23)/t14-/m1/s1. The molecule has 2 aromatic rings. The number of hydrogen-bond donors (Lipinski definition) is 1. The molecule has 0 saturated carbocycles. The van der Waals surface area contributed by atoms with Crippen LogP contribution in [0.25, 0.3) is 0 Å². The summed E-state index contributed by atoms with van der Waals surface area (Å²) in [6.07, 6.45) is 0.102. The van der Waals surface area contributed by atoms with Crippen molar-refractivity contribution in [2.75, 3.05) is 5.32 Å². The lowest BCUT2D eigenvalue weighted by atomic mass is 9.99. The predicted molar refractivity (Wildman–Crippen MR) is 98.5 cm³/mol. The lowest BCUT2D eigenvalue weighted by Crippen LogP contribution is -2.25. The van der Waals surface area contributed by atoms with Gasteiger partial charge in [0.2, 0.25) is 11.7 Å². The second-order valence-electron chi connectivity index (χ2n) is 6.65. The van der Waals surface area contributed by atoms with Gasteiger partial charge in [0.25, 0.3) is 0 Å². The molecule has 0 aromatic heterocycles. The molecule has 3 rings (SSSR count). The minimum atomic E-state index is -0.876. The van der Waals surface area contributed by atoms with Crippen LogP contribution in [0.3, 0.4) is 0 Å². The largest absolute Gasteiger partial charge is 0.451 e. The maximum Gasteiger partial charge on any atom is 0.338 e. The number of esters is 1. The third kappa shape index (κ3) is 3.67. The van der Waals surface area contributed by atoms with Crippen LogP contribution < -0.4 is 5.32 Å². The molecular formula is C21H21NO4. The molecule has 1 aliphatic rings. The molecule has 1 heterocycles. The number of ether oxygens (including phenoxy) is 1. The third-order valence-corrected chi connectivity index (χ3v) is 4.55. The summed E-state index contributed by atoms with van der Waals surface area (Å²) in [5.41, 5.74) is 4.39. The Bertz CT molecular complexity index is 901. The monoisotopic (exact) mass is 351 g/mol. The van der Waals surface area contributed by atoms with Crippen LogP contribution in [0.4, 0.5) is 5.69 Å². The Labute approximate surface area is 152 Å². The number of carbonyl (C=O) groups excluding carboxylic acids is 3. The quantitative estimate of drug-likeness (QED) is 0.674. The highest BCUT2D eigenvalue weighted by Gasteiger charge is 2.23. The van der Waals surface area contributed by atoms with Gasteiger partial charge in [-0.25, -0.2) is 4.79 Å². The zero-order valence-electron chi connectivity index (χ0n) is 15.1. The first-order valence-corrected chi connectivity index (χ1v) is 8.60. The van der Waals surface area contributed by atoms with E-state index in [0.717, 1.165) is 22.4 Å². The van der Waals surface area contributed by atoms with E-state index in [-0.39, 0.29) is 11.7 Å². The molecule has 134 valence electrons. The van der Waals surface area contributed by atoms with Crippen LogP contribution >= 0.6 is 0 Å². The number of aryl methyl sites for hydroxylation is 3. The van der Waals surface area contributed by atoms with E-state index in [9.17, 15) is 14.4 Å². The molecule has 5 heteroatoms. The zero-order valence-corrected chi connectivity index (χ0v) is 15.1. The summed E-state index contributed by atoms with van der Waals surface area (Å²) in [5, 5.41) is 2.77. The number of amides is 1. The van der Waals surface area contributed by atoms with Crippen LogP contribution in [-0.4, -0.2) is 23.8 Å². The first-order chi connectivity index (χ1) is 12.3. The lowest BCUT2D eigenvalue weighted by Gasteiger charge is -2.18. The number of fused-ring (bicyclic) bond motifs is 1. The SMILES string of the molecule is Cc1ccc(C)c(C(=O)[C@@H](C)OC(=O)c2ccc3c(c2)CCC(=O)N3)c1. The summed E-state index contributed by atoms with van der Waals surface area (Å²) in [7, 11) is 0. The Morgan fingerprint density at radius 3 is 2.62 bits per heavy atom. The molecule has 2 aromatic carbocycles. The summed E-state index contributed by atoms with van der Waals surface area (Å²) in [5.74, 6) is -0.791. The highest BCUT2D eigenvalue weighted by Crippen LogP contribution is 2.24. The van der Waals surface area contributed by atoms with E-state index in [1.165, 1.54) is 0 Å². The fourth-order valence-electron chi connectivity index (χ4n) is 3.01. The van der Waals surface area contributed by atoms with E-state index in [0.29, 0.717) is 24.0 Å². The van der Waals surface area contributed by atoms with Crippen molar-refractivity contribution in [3.05, 3.63) is 64.2 Å². The van der Waals surface area contributed by atoms with Crippen molar-refractivity contribution in [1.82, 2.24) is 0 Å². The van der Waals surface area contributed by atoms with Gasteiger partial charge in [-0.05, 0) is 62.6 Å². The van der Waals surface area contributed by atoms with Gasteiger partial charge in [-0.2, -0.15) is 0 Å². The van der Waals surface area contributed by atoms with Crippen molar-refractivity contribution in [2.24, 2.45) is 0 Å². The van der Waals surface area contributed by atoms with Gasteiger partial charge in [0.1, 0.15) is 0 Å². The molecule has 1 amide bonds. The first-order valence-electron chi connectivity index (χ1n) is 8.60. The second kappa shape index (κ2) is 7.12. The zero-order chi connectivity index (χ0) is 18.8. The topological polar surface area (TPSA) is 72.5 Å². The fourth-order valence-corrected chi connectivity index (χ4v) is 3.01. The molecule has 26 heavy (non-hydrogen) atoms. The number of hydrogen-bond acceptors (Lipinski definition) is 4. The van der Waals surface area contributed by atoms with Gasteiger partial charge in [0, 0.05) is 17.7 Å². The van der Waals surface area contributed by atoms with Gasteiger partial charge >= 0.3 is 5.97 Å². The van der Waals surface area contributed by atoms with E-state index >= 15 is 0 Å². The van der Waals surface area contributed by atoms with E-state index < -0.39 is 12.1 Å². The molecular weight excluding hydrogens is 330 g/mol. The number of nitrogens with one attached hydrogen (secondary N) is 1. The Kier molecular flexibility index (Phi) is 4.89. The summed E-state index contributed by atoms with van der Waals surface area (Å²) in [6, 6.07) is 10.6. The maximum absolute atomic E-state index is 12.6. The summed E-state index contributed by atoms with van der Waals surface area (Å²) < 4.78 is 5.38. The van der Waals surface area contributed by atoms with E-state index in [2.05, 4.69) is 5.32 Å². The molecule has 0 spiro atoms. The summed E-state index contributed by atoms with van der Waals surface area (Å²) in [6.45, 7) is 5.36. The highest BCUT2D eigenvalue weighted by molar-refractivity contribution is 6.02. The van der Waals surface area contributed by atoms with Crippen molar-refractivity contribution >= 4 is 23.3 Å². The van der Waals surface area contributed by atoms with Crippen molar-refractivity contribution in [3.8, 4) is 0 Å². The van der Waals surface area contributed by atoms with Crippen molar-refractivity contribution in [3.63, 3.8) is 0 Å². The Morgan fingerprint density at radius 2 is 1.85 bits per heavy atom. The number of benzene rings is 2. The van der Waals surface area contributed by atoms with Gasteiger partial charge in [-0.3, -0.25) is 9.59 Å².